The van der Waals surface area contributed by atoms with Gasteiger partial charge in [0, 0.05) is 18.7 Å². The Morgan fingerprint density at radius 1 is 1.38 bits per heavy atom. The molecule has 1 aromatic carbocycles. The maximum absolute atomic E-state index is 11.8. The molecule has 1 aliphatic rings. The number of rotatable bonds is 4. The molecule has 1 aliphatic heterocycles. The molecule has 0 aliphatic carbocycles. The number of halogens is 1. The fraction of sp³-hybridized carbons (Fsp3) is 0.312. The van der Waals surface area contributed by atoms with Crippen LogP contribution in [0.1, 0.15) is 24.2 Å². The van der Waals surface area contributed by atoms with Crippen LogP contribution in [0, 0.1) is 6.92 Å². The molecule has 0 radical (unpaired) electrons. The van der Waals surface area contributed by atoms with Crippen LogP contribution in [0.5, 0.6) is 0 Å². The third-order valence-corrected chi connectivity index (χ3v) is 4.07. The molecule has 3 rings (SSSR count). The van der Waals surface area contributed by atoms with E-state index in [1.807, 2.05) is 31.2 Å². The van der Waals surface area contributed by atoms with Crippen LogP contribution in [0.2, 0.25) is 5.02 Å². The smallest absolute Gasteiger partial charge is 0.227 e. The van der Waals surface area contributed by atoms with Crippen molar-refractivity contribution in [2.45, 2.75) is 26.3 Å². The molecule has 4 nitrogen and oxygen atoms in total. The second kappa shape index (κ2) is 5.82. The molecule has 1 N–H and O–H groups in total. The molecule has 1 fully saturated rings. The first-order valence-electron chi connectivity index (χ1n) is 7.02. The van der Waals surface area contributed by atoms with Gasteiger partial charge in [-0.15, -0.1) is 0 Å². The molecule has 5 heteroatoms. The van der Waals surface area contributed by atoms with E-state index in [0.717, 1.165) is 35.7 Å². The molecule has 21 heavy (non-hydrogen) atoms. The van der Waals surface area contributed by atoms with Gasteiger partial charge in [0.05, 0.1) is 23.5 Å². The lowest BCUT2D eigenvalue weighted by molar-refractivity contribution is -0.117. The van der Waals surface area contributed by atoms with Crippen LogP contribution in [0.3, 0.4) is 0 Å². The highest BCUT2D eigenvalue weighted by molar-refractivity contribution is 6.33. The SMILES string of the molecule is Cc1ccoc1CNc1cc(N2CCCC2=O)ccc1Cl. The van der Waals surface area contributed by atoms with Gasteiger partial charge in [-0.05, 0) is 43.2 Å². The fourth-order valence-electron chi connectivity index (χ4n) is 2.50. The van der Waals surface area contributed by atoms with Crippen molar-refractivity contribution in [1.82, 2.24) is 0 Å². The summed E-state index contributed by atoms with van der Waals surface area (Å²) in [6.07, 6.45) is 3.21. The van der Waals surface area contributed by atoms with Crippen LogP contribution in [0.4, 0.5) is 11.4 Å². The molecule has 0 bridgehead atoms. The number of anilines is 2. The number of furan rings is 1. The normalized spacial score (nSPS) is 14.8. The summed E-state index contributed by atoms with van der Waals surface area (Å²) in [6, 6.07) is 7.55. The standard InChI is InChI=1S/C16H17ClN2O2/c1-11-6-8-21-15(11)10-18-14-9-12(4-5-13(14)17)19-7-2-3-16(19)20/h4-6,8-9,18H,2-3,7,10H2,1H3. The Bertz CT molecular complexity index is 666. The average Bonchev–Trinajstić information content (AvgIpc) is 3.07. The number of nitrogens with one attached hydrogen (secondary N) is 1. The molecular weight excluding hydrogens is 288 g/mol. The zero-order valence-corrected chi connectivity index (χ0v) is 12.6. The second-order valence-electron chi connectivity index (χ2n) is 5.19. The summed E-state index contributed by atoms with van der Waals surface area (Å²) in [7, 11) is 0. The number of carbonyl (C=O) groups excluding carboxylic acids is 1. The molecular formula is C16H17ClN2O2. The van der Waals surface area contributed by atoms with Gasteiger partial charge in [0.15, 0.2) is 0 Å². The Morgan fingerprint density at radius 3 is 2.90 bits per heavy atom. The van der Waals surface area contributed by atoms with Crippen molar-refractivity contribution in [1.29, 1.82) is 0 Å². The Hall–Kier alpha value is -1.94. The third kappa shape index (κ3) is 2.90. The molecule has 0 saturated carbocycles. The van der Waals surface area contributed by atoms with Gasteiger partial charge in [0.1, 0.15) is 5.76 Å². The van der Waals surface area contributed by atoms with Crippen LogP contribution < -0.4 is 10.2 Å². The first-order valence-corrected chi connectivity index (χ1v) is 7.40. The second-order valence-corrected chi connectivity index (χ2v) is 5.60. The number of hydrogen-bond acceptors (Lipinski definition) is 3. The highest BCUT2D eigenvalue weighted by Gasteiger charge is 2.22. The van der Waals surface area contributed by atoms with E-state index in [9.17, 15) is 4.79 Å². The zero-order valence-electron chi connectivity index (χ0n) is 11.9. The molecule has 1 saturated heterocycles. The molecule has 2 heterocycles. The Morgan fingerprint density at radius 2 is 2.24 bits per heavy atom. The van der Waals surface area contributed by atoms with Gasteiger partial charge in [-0.25, -0.2) is 0 Å². The van der Waals surface area contributed by atoms with Crippen molar-refractivity contribution < 1.29 is 9.21 Å². The highest BCUT2D eigenvalue weighted by Crippen LogP contribution is 2.30. The molecule has 1 aromatic heterocycles. The lowest BCUT2D eigenvalue weighted by Crippen LogP contribution is -2.23. The first kappa shape index (κ1) is 14.0. The molecule has 110 valence electrons. The summed E-state index contributed by atoms with van der Waals surface area (Å²) < 4.78 is 5.40. The van der Waals surface area contributed by atoms with E-state index in [4.69, 9.17) is 16.0 Å². The molecule has 1 amide bonds. The summed E-state index contributed by atoms with van der Waals surface area (Å²) in [6.45, 7) is 3.34. The Labute approximate surface area is 128 Å². The molecule has 0 atom stereocenters. The lowest BCUT2D eigenvalue weighted by Gasteiger charge is -2.18. The lowest BCUT2D eigenvalue weighted by atomic mass is 10.2. The summed E-state index contributed by atoms with van der Waals surface area (Å²) in [5, 5.41) is 3.91. The van der Waals surface area contributed by atoms with Gasteiger partial charge in [-0.2, -0.15) is 0 Å². The van der Waals surface area contributed by atoms with Crippen molar-refractivity contribution in [2.75, 3.05) is 16.8 Å². The van der Waals surface area contributed by atoms with Gasteiger partial charge < -0.3 is 14.6 Å². The van der Waals surface area contributed by atoms with Crippen LogP contribution >= 0.6 is 11.6 Å². The fourth-order valence-corrected chi connectivity index (χ4v) is 2.68. The number of hydrogen-bond donors (Lipinski definition) is 1. The van der Waals surface area contributed by atoms with Crippen molar-refractivity contribution >= 4 is 28.9 Å². The number of aryl methyl sites for hydroxylation is 1. The maximum Gasteiger partial charge on any atom is 0.227 e. The maximum atomic E-state index is 11.8. The van der Waals surface area contributed by atoms with Crippen LogP contribution in [0.25, 0.3) is 0 Å². The van der Waals surface area contributed by atoms with Crippen molar-refractivity contribution in [3.8, 4) is 0 Å². The largest absolute Gasteiger partial charge is 0.467 e. The van der Waals surface area contributed by atoms with E-state index < -0.39 is 0 Å². The topological polar surface area (TPSA) is 45.5 Å². The number of carbonyl (C=O) groups is 1. The third-order valence-electron chi connectivity index (χ3n) is 3.74. The molecule has 2 aromatic rings. The number of benzene rings is 1. The van der Waals surface area contributed by atoms with Gasteiger partial charge in [0.25, 0.3) is 0 Å². The quantitative estimate of drug-likeness (QED) is 0.929. The summed E-state index contributed by atoms with van der Waals surface area (Å²) in [5.41, 5.74) is 2.80. The van der Waals surface area contributed by atoms with Crippen molar-refractivity contribution in [2.24, 2.45) is 0 Å². The van der Waals surface area contributed by atoms with Gasteiger partial charge in [-0.1, -0.05) is 11.6 Å². The Kier molecular flexibility index (Phi) is 3.88. The van der Waals surface area contributed by atoms with Crippen LogP contribution in [-0.4, -0.2) is 12.5 Å². The minimum atomic E-state index is 0.171. The van der Waals surface area contributed by atoms with E-state index in [0.29, 0.717) is 18.0 Å². The monoisotopic (exact) mass is 304 g/mol. The van der Waals surface area contributed by atoms with Crippen molar-refractivity contribution in [3.05, 3.63) is 46.9 Å². The van der Waals surface area contributed by atoms with E-state index >= 15 is 0 Å². The number of amides is 1. The van der Waals surface area contributed by atoms with E-state index in [-0.39, 0.29) is 5.91 Å². The first-order chi connectivity index (χ1) is 10.1. The predicted molar refractivity (Wildman–Crippen MR) is 83.8 cm³/mol. The Balaban J connectivity index is 1.78. The highest BCUT2D eigenvalue weighted by atomic mass is 35.5. The average molecular weight is 305 g/mol. The van der Waals surface area contributed by atoms with E-state index in [2.05, 4.69) is 5.32 Å². The molecule has 0 unspecified atom stereocenters. The molecule has 0 spiro atoms. The van der Waals surface area contributed by atoms with Crippen molar-refractivity contribution in [3.63, 3.8) is 0 Å². The van der Waals surface area contributed by atoms with Gasteiger partial charge in [0.2, 0.25) is 5.91 Å². The summed E-state index contributed by atoms with van der Waals surface area (Å²) in [4.78, 5) is 13.6. The van der Waals surface area contributed by atoms with E-state index in [1.54, 1.807) is 11.2 Å². The van der Waals surface area contributed by atoms with Gasteiger partial charge in [-0.3, -0.25) is 4.79 Å². The summed E-state index contributed by atoms with van der Waals surface area (Å²) in [5.74, 6) is 1.05. The summed E-state index contributed by atoms with van der Waals surface area (Å²) >= 11 is 6.22. The predicted octanol–water partition coefficient (Wildman–Crippen LogP) is 3.98. The zero-order chi connectivity index (χ0) is 14.8. The van der Waals surface area contributed by atoms with Gasteiger partial charge >= 0.3 is 0 Å². The van der Waals surface area contributed by atoms with Crippen LogP contribution in [0.15, 0.2) is 34.9 Å². The minimum Gasteiger partial charge on any atom is -0.467 e. The minimum absolute atomic E-state index is 0.171. The number of nitrogens with zero attached hydrogens (tertiary/aromatic N) is 1. The van der Waals surface area contributed by atoms with Crippen LogP contribution in [-0.2, 0) is 11.3 Å². The van der Waals surface area contributed by atoms with E-state index in [1.165, 1.54) is 0 Å².